The van der Waals surface area contributed by atoms with Crippen LogP contribution in [0.15, 0.2) is 30.5 Å². The summed E-state index contributed by atoms with van der Waals surface area (Å²) >= 11 is 6.04. The Balaban J connectivity index is 1.40. The molecule has 6 nitrogen and oxygen atoms in total. The lowest BCUT2D eigenvalue weighted by molar-refractivity contribution is 0.286. The van der Waals surface area contributed by atoms with E-state index in [2.05, 4.69) is 24.8 Å². The molecule has 1 aromatic carbocycles. The van der Waals surface area contributed by atoms with Gasteiger partial charge in [-0.05, 0) is 44.5 Å². The molecule has 3 aliphatic rings. The first kappa shape index (κ1) is 15.8. The molecule has 132 valence electrons. The highest BCUT2D eigenvalue weighted by Crippen LogP contribution is 2.37. The molecule has 2 unspecified atom stereocenters. The lowest BCUT2D eigenvalue weighted by Crippen LogP contribution is -2.69. The molecule has 0 spiro atoms. The van der Waals surface area contributed by atoms with Crippen molar-refractivity contribution < 1.29 is 0 Å². The van der Waals surface area contributed by atoms with Crippen molar-refractivity contribution in [3.8, 4) is 0 Å². The smallest absolute Gasteiger partial charge is 0.225 e. The Morgan fingerprint density at radius 1 is 0.962 bits per heavy atom. The minimum absolute atomic E-state index is 0.428. The number of hydrogen-bond donors (Lipinski definition) is 0. The van der Waals surface area contributed by atoms with Crippen LogP contribution in [0.3, 0.4) is 0 Å². The third-order valence-corrected chi connectivity index (χ3v) is 5.44. The van der Waals surface area contributed by atoms with Crippen molar-refractivity contribution >= 4 is 34.4 Å². The molecule has 26 heavy (non-hydrogen) atoms. The highest BCUT2D eigenvalue weighted by molar-refractivity contribution is 6.31. The Hall–Kier alpha value is -2.47. The van der Waals surface area contributed by atoms with Gasteiger partial charge in [0.25, 0.3) is 0 Å². The number of nitrogens with zero attached hydrogens (tertiary/aromatic N) is 6. The van der Waals surface area contributed by atoms with Crippen LogP contribution in [0.5, 0.6) is 0 Å². The average molecular weight is 367 g/mol. The van der Waals surface area contributed by atoms with E-state index in [1.165, 1.54) is 6.42 Å². The van der Waals surface area contributed by atoms with Gasteiger partial charge in [0.05, 0.1) is 29.3 Å². The first-order valence-corrected chi connectivity index (χ1v) is 9.22. The molecule has 0 N–H and O–H groups in total. The van der Waals surface area contributed by atoms with Crippen molar-refractivity contribution in [2.75, 3.05) is 22.9 Å². The summed E-state index contributed by atoms with van der Waals surface area (Å²) in [6.45, 7) is 5.87. The standard InChI is InChI=1S/C19H19ClN6/c1-11-5-12(2)23-19(22-11)25-9-14-7-15(10-25)26(14)18-8-21-17-6-13(20)3-4-16(17)24-18/h3-6,8,14-15H,7,9-10H2,1-2H3. The van der Waals surface area contributed by atoms with E-state index < -0.39 is 0 Å². The second-order valence-corrected chi connectivity index (χ2v) is 7.60. The Labute approximate surface area is 156 Å². The van der Waals surface area contributed by atoms with Crippen LogP contribution < -0.4 is 9.80 Å². The van der Waals surface area contributed by atoms with Gasteiger partial charge >= 0.3 is 0 Å². The summed E-state index contributed by atoms with van der Waals surface area (Å²) in [5, 5.41) is 0.685. The van der Waals surface area contributed by atoms with Crippen LogP contribution in [-0.4, -0.2) is 45.1 Å². The highest BCUT2D eigenvalue weighted by atomic mass is 35.5. The molecule has 0 saturated carbocycles. The van der Waals surface area contributed by atoms with Crippen LogP contribution >= 0.6 is 11.6 Å². The molecule has 7 heteroatoms. The molecule has 0 amide bonds. The molecule has 0 radical (unpaired) electrons. The fourth-order valence-corrected chi connectivity index (χ4v) is 4.26. The first-order valence-electron chi connectivity index (χ1n) is 8.85. The lowest BCUT2D eigenvalue weighted by atomic mass is 9.87. The second kappa shape index (κ2) is 5.77. The molecule has 2 atom stereocenters. The number of hydrogen-bond acceptors (Lipinski definition) is 6. The largest absolute Gasteiger partial charge is 0.346 e. The van der Waals surface area contributed by atoms with E-state index in [-0.39, 0.29) is 0 Å². The molecule has 2 bridgehead atoms. The van der Waals surface area contributed by atoms with Gasteiger partial charge in [-0.1, -0.05) is 11.6 Å². The van der Waals surface area contributed by atoms with Gasteiger partial charge in [0, 0.05) is 29.5 Å². The van der Waals surface area contributed by atoms with E-state index in [1.54, 1.807) is 0 Å². The lowest BCUT2D eigenvalue weighted by Gasteiger charge is -2.56. The van der Waals surface area contributed by atoms with E-state index in [9.17, 15) is 0 Å². The molecular weight excluding hydrogens is 348 g/mol. The molecule has 3 saturated heterocycles. The van der Waals surface area contributed by atoms with Gasteiger partial charge in [-0.3, -0.25) is 4.98 Å². The summed E-state index contributed by atoms with van der Waals surface area (Å²) in [5.41, 5.74) is 3.74. The number of piperazine rings is 1. The molecule has 6 rings (SSSR count). The maximum atomic E-state index is 6.04. The van der Waals surface area contributed by atoms with Crippen LogP contribution in [0.25, 0.3) is 11.0 Å². The minimum Gasteiger partial charge on any atom is -0.346 e. The van der Waals surface area contributed by atoms with E-state index >= 15 is 0 Å². The average Bonchev–Trinajstić information content (AvgIpc) is 2.61. The molecule has 5 heterocycles. The molecule has 2 aromatic heterocycles. The van der Waals surface area contributed by atoms with Crippen LogP contribution in [0, 0.1) is 13.8 Å². The van der Waals surface area contributed by atoms with Gasteiger partial charge in [0.2, 0.25) is 5.95 Å². The van der Waals surface area contributed by atoms with Gasteiger partial charge in [-0.15, -0.1) is 0 Å². The van der Waals surface area contributed by atoms with Crippen LogP contribution in [-0.2, 0) is 0 Å². The summed E-state index contributed by atoms with van der Waals surface area (Å²) in [6, 6.07) is 8.51. The third-order valence-electron chi connectivity index (χ3n) is 5.20. The molecule has 3 fully saturated rings. The Bertz CT molecular complexity index is 974. The van der Waals surface area contributed by atoms with E-state index in [1.807, 2.05) is 44.3 Å². The molecular formula is C19H19ClN6. The fourth-order valence-electron chi connectivity index (χ4n) is 4.09. The van der Waals surface area contributed by atoms with Crippen LogP contribution in [0.4, 0.5) is 11.8 Å². The predicted molar refractivity (Wildman–Crippen MR) is 103 cm³/mol. The molecule has 3 aliphatic heterocycles. The zero-order valence-corrected chi connectivity index (χ0v) is 15.5. The van der Waals surface area contributed by atoms with Crippen molar-refractivity contribution in [3.05, 3.63) is 46.9 Å². The maximum Gasteiger partial charge on any atom is 0.225 e. The summed E-state index contributed by atoms with van der Waals surface area (Å²) in [6.07, 6.45) is 3.04. The van der Waals surface area contributed by atoms with Crippen LogP contribution in [0.1, 0.15) is 17.8 Å². The van der Waals surface area contributed by atoms with Crippen LogP contribution in [0.2, 0.25) is 5.02 Å². The topological polar surface area (TPSA) is 58.0 Å². The molecule has 3 aromatic rings. The number of fused-ring (bicyclic) bond motifs is 3. The Morgan fingerprint density at radius 2 is 1.69 bits per heavy atom. The van der Waals surface area contributed by atoms with E-state index in [4.69, 9.17) is 16.6 Å². The SMILES string of the molecule is Cc1cc(C)nc(N2CC3CC(C2)N3c2cnc3cc(Cl)ccc3n2)n1. The van der Waals surface area contributed by atoms with Crippen molar-refractivity contribution in [1.82, 2.24) is 19.9 Å². The zero-order valence-electron chi connectivity index (χ0n) is 14.7. The predicted octanol–water partition coefficient (Wildman–Crippen LogP) is 3.16. The number of halogens is 1. The van der Waals surface area contributed by atoms with Gasteiger partial charge < -0.3 is 9.80 Å². The second-order valence-electron chi connectivity index (χ2n) is 7.17. The van der Waals surface area contributed by atoms with Gasteiger partial charge in [-0.2, -0.15) is 0 Å². The summed E-state index contributed by atoms with van der Waals surface area (Å²) < 4.78 is 0. The van der Waals surface area contributed by atoms with Crippen molar-refractivity contribution in [2.24, 2.45) is 0 Å². The number of aryl methyl sites for hydroxylation is 2. The summed E-state index contributed by atoms with van der Waals surface area (Å²) in [4.78, 5) is 23.3. The summed E-state index contributed by atoms with van der Waals surface area (Å²) in [5.74, 6) is 1.79. The number of benzene rings is 1. The quantitative estimate of drug-likeness (QED) is 0.694. The number of rotatable bonds is 2. The number of aromatic nitrogens is 4. The zero-order chi connectivity index (χ0) is 17.8. The molecule has 0 aliphatic carbocycles. The third kappa shape index (κ3) is 2.56. The van der Waals surface area contributed by atoms with Crippen molar-refractivity contribution in [3.63, 3.8) is 0 Å². The Morgan fingerprint density at radius 3 is 2.42 bits per heavy atom. The number of anilines is 2. The van der Waals surface area contributed by atoms with Gasteiger partial charge in [0.15, 0.2) is 0 Å². The fraction of sp³-hybridized carbons (Fsp3) is 0.368. The monoisotopic (exact) mass is 366 g/mol. The van der Waals surface area contributed by atoms with Crippen molar-refractivity contribution in [2.45, 2.75) is 32.4 Å². The van der Waals surface area contributed by atoms with Gasteiger partial charge in [0.1, 0.15) is 5.82 Å². The summed E-state index contributed by atoms with van der Waals surface area (Å²) in [7, 11) is 0. The van der Waals surface area contributed by atoms with Crippen molar-refractivity contribution in [1.29, 1.82) is 0 Å². The van der Waals surface area contributed by atoms with E-state index in [0.29, 0.717) is 17.1 Å². The Kier molecular flexibility index (Phi) is 3.50. The van der Waals surface area contributed by atoms with Gasteiger partial charge in [-0.25, -0.2) is 15.0 Å². The normalized spacial score (nSPS) is 21.8. The number of piperidine rings is 1. The minimum atomic E-state index is 0.428. The maximum absolute atomic E-state index is 6.04. The first-order chi connectivity index (χ1) is 12.6. The van der Waals surface area contributed by atoms with E-state index in [0.717, 1.165) is 47.3 Å². The highest BCUT2D eigenvalue weighted by Gasteiger charge is 2.46.